The molecule has 1 saturated heterocycles. The number of likely N-dealkylation sites (tertiary alicyclic amines) is 1. The summed E-state index contributed by atoms with van der Waals surface area (Å²) >= 11 is 3.39. The fourth-order valence-electron chi connectivity index (χ4n) is 2.49. The van der Waals surface area contributed by atoms with Gasteiger partial charge in [0.1, 0.15) is 0 Å². The standard InChI is InChI=1S/C14H19BrN2O/c1-9-4-3-7-17(10(9)2)14(18)12-8-11(15)5-6-13(12)16/h5-6,8-10H,3-4,7,16H2,1-2H3. The van der Waals surface area contributed by atoms with Gasteiger partial charge < -0.3 is 10.6 Å². The summed E-state index contributed by atoms with van der Waals surface area (Å²) in [5.74, 6) is 0.601. The van der Waals surface area contributed by atoms with E-state index in [4.69, 9.17) is 5.73 Å². The van der Waals surface area contributed by atoms with Gasteiger partial charge in [-0.25, -0.2) is 0 Å². The van der Waals surface area contributed by atoms with Crippen LogP contribution in [0.15, 0.2) is 22.7 Å². The second-order valence-electron chi connectivity index (χ2n) is 5.09. The van der Waals surface area contributed by atoms with Gasteiger partial charge in [0.05, 0.1) is 5.56 Å². The molecular formula is C14H19BrN2O. The van der Waals surface area contributed by atoms with Crippen molar-refractivity contribution in [3.63, 3.8) is 0 Å². The number of halogens is 1. The Hall–Kier alpha value is -1.03. The molecule has 18 heavy (non-hydrogen) atoms. The molecular weight excluding hydrogens is 292 g/mol. The molecule has 0 spiro atoms. The monoisotopic (exact) mass is 310 g/mol. The number of piperidine rings is 1. The highest BCUT2D eigenvalue weighted by Crippen LogP contribution is 2.27. The molecule has 0 radical (unpaired) electrons. The van der Waals surface area contributed by atoms with E-state index in [0.29, 0.717) is 17.2 Å². The summed E-state index contributed by atoms with van der Waals surface area (Å²) in [6.45, 7) is 5.15. The first-order chi connectivity index (χ1) is 8.50. The van der Waals surface area contributed by atoms with Crippen LogP contribution >= 0.6 is 15.9 Å². The molecule has 3 nitrogen and oxygen atoms in total. The molecule has 2 N–H and O–H groups in total. The van der Waals surface area contributed by atoms with Gasteiger partial charge in [0.25, 0.3) is 5.91 Å². The summed E-state index contributed by atoms with van der Waals surface area (Å²) in [6.07, 6.45) is 2.27. The third kappa shape index (κ3) is 2.53. The van der Waals surface area contributed by atoms with Gasteiger partial charge in [0, 0.05) is 22.7 Å². The van der Waals surface area contributed by atoms with E-state index in [1.54, 1.807) is 6.07 Å². The molecule has 0 saturated carbocycles. The number of hydrogen-bond donors (Lipinski definition) is 1. The van der Waals surface area contributed by atoms with Crippen LogP contribution in [0.4, 0.5) is 5.69 Å². The molecule has 2 atom stereocenters. The van der Waals surface area contributed by atoms with Crippen LogP contribution < -0.4 is 5.73 Å². The van der Waals surface area contributed by atoms with Crippen LogP contribution in [-0.2, 0) is 0 Å². The highest BCUT2D eigenvalue weighted by Gasteiger charge is 2.29. The van der Waals surface area contributed by atoms with Crippen LogP contribution in [0, 0.1) is 5.92 Å². The fourth-order valence-corrected chi connectivity index (χ4v) is 2.85. The predicted octanol–water partition coefficient (Wildman–Crippen LogP) is 3.29. The van der Waals surface area contributed by atoms with Gasteiger partial charge in [-0.05, 0) is 43.9 Å². The van der Waals surface area contributed by atoms with E-state index in [9.17, 15) is 4.79 Å². The molecule has 1 aliphatic rings. The summed E-state index contributed by atoms with van der Waals surface area (Å²) < 4.78 is 0.887. The Morgan fingerprint density at radius 1 is 1.44 bits per heavy atom. The number of carbonyl (C=O) groups excluding carboxylic acids is 1. The average Bonchev–Trinajstić information content (AvgIpc) is 2.35. The molecule has 1 aromatic rings. The second-order valence-corrected chi connectivity index (χ2v) is 6.01. The van der Waals surface area contributed by atoms with Crippen molar-refractivity contribution in [2.75, 3.05) is 12.3 Å². The predicted molar refractivity (Wildman–Crippen MR) is 77.5 cm³/mol. The van der Waals surface area contributed by atoms with Crippen molar-refractivity contribution in [2.24, 2.45) is 5.92 Å². The number of carbonyl (C=O) groups is 1. The molecule has 1 fully saturated rings. The lowest BCUT2D eigenvalue weighted by Crippen LogP contribution is -2.46. The van der Waals surface area contributed by atoms with Crippen LogP contribution in [0.2, 0.25) is 0 Å². The Morgan fingerprint density at radius 2 is 2.17 bits per heavy atom. The molecule has 2 rings (SSSR count). The number of nitrogens with zero attached hydrogens (tertiary/aromatic N) is 1. The maximum absolute atomic E-state index is 12.6. The number of hydrogen-bond acceptors (Lipinski definition) is 2. The van der Waals surface area contributed by atoms with Crippen molar-refractivity contribution >= 4 is 27.5 Å². The number of amides is 1. The van der Waals surface area contributed by atoms with Crippen molar-refractivity contribution in [1.82, 2.24) is 4.90 Å². The van der Waals surface area contributed by atoms with Gasteiger partial charge in [-0.2, -0.15) is 0 Å². The fraction of sp³-hybridized carbons (Fsp3) is 0.500. The summed E-state index contributed by atoms with van der Waals surface area (Å²) in [5.41, 5.74) is 7.06. The van der Waals surface area contributed by atoms with Crippen molar-refractivity contribution in [3.05, 3.63) is 28.2 Å². The quantitative estimate of drug-likeness (QED) is 0.809. The lowest BCUT2D eigenvalue weighted by Gasteiger charge is -2.38. The molecule has 1 aliphatic heterocycles. The molecule has 2 unspecified atom stereocenters. The molecule has 1 heterocycles. The van der Waals surface area contributed by atoms with Gasteiger partial charge in [-0.1, -0.05) is 22.9 Å². The molecule has 0 aromatic heterocycles. The molecule has 4 heteroatoms. The first-order valence-electron chi connectivity index (χ1n) is 6.36. The Balaban J connectivity index is 2.27. The SMILES string of the molecule is CC1CCCN(C(=O)c2cc(Br)ccc2N)C1C. The van der Waals surface area contributed by atoms with Gasteiger partial charge in [-0.15, -0.1) is 0 Å². The van der Waals surface area contributed by atoms with Crippen molar-refractivity contribution in [3.8, 4) is 0 Å². The zero-order valence-corrected chi connectivity index (χ0v) is 12.4. The molecule has 98 valence electrons. The molecule has 1 aromatic carbocycles. The number of anilines is 1. The van der Waals surface area contributed by atoms with Gasteiger partial charge in [-0.3, -0.25) is 4.79 Å². The largest absolute Gasteiger partial charge is 0.398 e. The van der Waals surface area contributed by atoms with E-state index >= 15 is 0 Å². The van der Waals surface area contributed by atoms with E-state index < -0.39 is 0 Å². The van der Waals surface area contributed by atoms with Gasteiger partial charge in [0.2, 0.25) is 0 Å². The average molecular weight is 311 g/mol. The zero-order chi connectivity index (χ0) is 13.3. The van der Waals surface area contributed by atoms with E-state index in [2.05, 4.69) is 29.8 Å². The van der Waals surface area contributed by atoms with Crippen molar-refractivity contribution in [2.45, 2.75) is 32.7 Å². The third-order valence-corrected chi connectivity index (χ3v) is 4.37. The summed E-state index contributed by atoms with van der Waals surface area (Å²) in [6, 6.07) is 5.72. The number of nitrogens with two attached hydrogens (primary N) is 1. The molecule has 1 amide bonds. The Bertz CT molecular complexity index is 461. The normalized spacial score (nSPS) is 24.1. The van der Waals surface area contributed by atoms with E-state index in [-0.39, 0.29) is 11.9 Å². The second kappa shape index (κ2) is 5.31. The highest BCUT2D eigenvalue weighted by molar-refractivity contribution is 9.10. The summed E-state index contributed by atoms with van der Waals surface area (Å²) in [5, 5.41) is 0. The third-order valence-electron chi connectivity index (χ3n) is 3.88. The zero-order valence-electron chi connectivity index (χ0n) is 10.8. The lowest BCUT2D eigenvalue weighted by atomic mass is 9.91. The summed E-state index contributed by atoms with van der Waals surface area (Å²) in [7, 11) is 0. The Morgan fingerprint density at radius 3 is 2.89 bits per heavy atom. The van der Waals surface area contributed by atoms with Crippen LogP contribution in [0.25, 0.3) is 0 Å². The van der Waals surface area contributed by atoms with Crippen molar-refractivity contribution in [1.29, 1.82) is 0 Å². The Labute approximate surface area is 116 Å². The van der Waals surface area contributed by atoms with Crippen LogP contribution in [0.3, 0.4) is 0 Å². The lowest BCUT2D eigenvalue weighted by molar-refractivity contribution is 0.0552. The number of rotatable bonds is 1. The number of nitrogen functional groups attached to an aromatic ring is 1. The first kappa shape index (κ1) is 13.4. The maximum atomic E-state index is 12.6. The molecule has 0 bridgehead atoms. The van der Waals surface area contributed by atoms with Crippen molar-refractivity contribution < 1.29 is 4.79 Å². The van der Waals surface area contributed by atoms with Gasteiger partial charge >= 0.3 is 0 Å². The smallest absolute Gasteiger partial charge is 0.256 e. The van der Waals surface area contributed by atoms with Gasteiger partial charge in [0.15, 0.2) is 0 Å². The maximum Gasteiger partial charge on any atom is 0.256 e. The van der Waals surface area contributed by atoms with E-state index in [0.717, 1.165) is 17.4 Å². The minimum Gasteiger partial charge on any atom is -0.398 e. The first-order valence-corrected chi connectivity index (χ1v) is 7.16. The topological polar surface area (TPSA) is 46.3 Å². The van der Waals surface area contributed by atoms with Crippen LogP contribution in [0.5, 0.6) is 0 Å². The van der Waals surface area contributed by atoms with Crippen LogP contribution in [-0.4, -0.2) is 23.4 Å². The Kier molecular flexibility index (Phi) is 3.95. The number of benzene rings is 1. The van der Waals surface area contributed by atoms with E-state index in [1.807, 2.05) is 17.0 Å². The molecule has 0 aliphatic carbocycles. The minimum absolute atomic E-state index is 0.0489. The summed E-state index contributed by atoms with van der Waals surface area (Å²) in [4.78, 5) is 14.5. The van der Waals surface area contributed by atoms with Crippen LogP contribution in [0.1, 0.15) is 37.0 Å². The minimum atomic E-state index is 0.0489. The highest BCUT2D eigenvalue weighted by atomic mass is 79.9. The van der Waals surface area contributed by atoms with E-state index in [1.165, 1.54) is 6.42 Å².